The van der Waals surface area contributed by atoms with E-state index in [2.05, 4.69) is 40.2 Å². The van der Waals surface area contributed by atoms with Gasteiger partial charge >= 0.3 is 0 Å². The van der Waals surface area contributed by atoms with E-state index >= 15 is 0 Å². The minimum absolute atomic E-state index is 0. The molecule has 0 N–H and O–H groups in total. The number of likely N-dealkylation sites (tertiary alicyclic amines) is 1. The molecule has 0 atom stereocenters. The Bertz CT molecular complexity index is 504. The summed E-state index contributed by atoms with van der Waals surface area (Å²) in [6.45, 7) is 4.94. The summed E-state index contributed by atoms with van der Waals surface area (Å²) in [5, 5.41) is 0. The zero-order chi connectivity index (χ0) is 18.1. The van der Waals surface area contributed by atoms with Crippen molar-refractivity contribution in [2.24, 2.45) is 4.99 Å². The smallest absolute Gasteiger partial charge is 0.195 e. The van der Waals surface area contributed by atoms with Gasteiger partial charge in [-0.1, -0.05) is 30.3 Å². The first-order chi connectivity index (χ1) is 12.1. The highest BCUT2D eigenvalue weighted by atomic mass is 127. The number of hydrogen-bond acceptors (Lipinski definition) is 3. The molecule has 1 heterocycles. The highest BCUT2D eigenvalue weighted by Crippen LogP contribution is 2.16. The predicted octanol–water partition coefficient (Wildman–Crippen LogP) is 3.15. The fourth-order valence-electron chi connectivity index (χ4n) is 3.25. The third kappa shape index (κ3) is 8.22. The molecule has 0 unspecified atom stereocenters. The number of benzene rings is 1. The van der Waals surface area contributed by atoms with Crippen LogP contribution in [0.4, 0.5) is 0 Å². The van der Waals surface area contributed by atoms with Crippen LogP contribution in [-0.4, -0.2) is 81.2 Å². The van der Waals surface area contributed by atoms with Crippen LogP contribution in [0.1, 0.15) is 24.8 Å². The van der Waals surface area contributed by atoms with Crippen molar-refractivity contribution in [3.63, 3.8) is 0 Å². The van der Waals surface area contributed by atoms with E-state index in [1.165, 1.54) is 5.56 Å². The zero-order valence-corrected chi connectivity index (χ0v) is 19.1. The lowest BCUT2D eigenvalue weighted by atomic mass is 10.1. The molecule has 1 aliphatic rings. The lowest BCUT2D eigenvalue weighted by Gasteiger charge is -2.32. The maximum Gasteiger partial charge on any atom is 0.195 e. The third-order valence-electron chi connectivity index (χ3n) is 4.49. The van der Waals surface area contributed by atoms with Crippen LogP contribution in [0.2, 0.25) is 0 Å². The molecule has 1 aliphatic heterocycles. The van der Waals surface area contributed by atoms with Gasteiger partial charge in [0.05, 0.1) is 6.10 Å². The van der Waals surface area contributed by atoms with Crippen molar-refractivity contribution >= 4 is 29.9 Å². The first-order valence-electron chi connectivity index (χ1n) is 9.33. The van der Waals surface area contributed by atoms with Gasteiger partial charge in [-0.15, -0.1) is 24.0 Å². The Balaban J connectivity index is 0.00000338. The molecule has 0 amide bonds. The quantitative estimate of drug-likeness (QED) is 0.263. The van der Waals surface area contributed by atoms with E-state index in [4.69, 9.17) is 4.74 Å². The van der Waals surface area contributed by atoms with Crippen molar-refractivity contribution in [3.05, 3.63) is 35.9 Å². The average molecular weight is 474 g/mol. The molecule has 26 heavy (non-hydrogen) atoms. The van der Waals surface area contributed by atoms with Gasteiger partial charge in [0, 0.05) is 61.0 Å². The summed E-state index contributed by atoms with van der Waals surface area (Å²) in [4.78, 5) is 11.3. The van der Waals surface area contributed by atoms with Crippen LogP contribution in [0.15, 0.2) is 35.3 Å². The maximum atomic E-state index is 6.06. The molecular weight excluding hydrogens is 439 g/mol. The summed E-state index contributed by atoms with van der Waals surface area (Å²) in [5.74, 6) is 1.01. The van der Waals surface area contributed by atoms with Gasteiger partial charge in [0.15, 0.2) is 5.96 Å². The number of aliphatic imine (C=N–C) groups is 1. The normalized spacial score (nSPS) is 15.2. The van der Waals surface area contributed by atoms with Gasteiger partial charge in [-0.25, -0.2) is 0 Å². The van der Waals surface area contributed by atoms with Crippen molar-refractivity contribution in [1.29, 1.82) is 0 Å². The molecule has 0 radical (unpaired) electrons. The summed E-state index contributed by atoms with van der Waals surface area (Å²) >= 11 is 0. The summed E-state index contributed by atoms with van der Waals surface area (Å²) in [6.07, 6.45) is 3.67. The number of guanidine groups is 1. The van der Waals surface area contributed by atoms with E-state index in [0.717, 1.165) is 58.0 Å². The topological polar surface area (TPSA) is 31.3 Å². The van der Waals surface area contributed by atoms with Crippen molar-refractivity contribution < 1.29 is 4.74 Å². The number of hydrogen-bond donors (Lipinski definition) is 0. The molecule has 0 saturated carbocycles. The van der Waals surface area contributed by atoms with Crippen LogP contribution in [-0.2, 0) is 11.3 Å². The Morgan fingerprint density at radius 1 is 1.08 bits per heavy atom. The van der Waals surface area contributed by atoms with E-state index in [1.54, 1.807) is 0 Å². The van der Waals surface area contributed by atoms with Gasteiger partial charge in [0.2, 0.25) is 0 Å². The highest BCUT2D eigenvalue weighted by Gasteiger charge is 2.19. The molecule has 5 nitrogen and oxygen atoms in total. The zero-order valence-electron chi connectivity index (χ0n) is 16.7. The van der Waals surface area contributed by atoms with Crippen molar-refractivity contribution in [3.8, 4) is 0 Å². The third-order valence-corrected chi connectivity index (χ3v) is 4.49. The molecule has 0 aliphatic carbocycles. The molecule has 1 aromatic rings. The van der Waals surface area contributed by atoms with Crippen molar-refractivity contribution in [2.75, 3.05) is 54.4 Å². The van der Waals surface area contributed by atoms with Gasteiger partial charge in [0.1, 0.15) is 0 Å². The van der Waals surface area contributed by atoms with E-state index < -0.39 is 0 Å². The predicted molar refractivity (Wildman–Crippen MR) is 120 cm³/mol. The number of piperidine rings is 1. The Morgan fingerprint density at radius 2 is 1.69 bits per heavy atom. The molecule has 0 bridgehead atoms. The minimum atomic E-state index is 0. The lowest BCUT2D eigenvalue weighted by Crippen LogP contribution is -2.36. The van der Waals surface area contributed by atoms with Crippen LogP contribution >= 0.6 is 24.0 Å². The molecule has 2 rings (SSSR count). The van der Waals surface area contributed by atoms with Crippen LogP contribution in [0, 0.1) is 0 Å². The van der Waals surface area contributed by atoms with Crippen LogP contribution in [0.3, 0.4) is 0 Å². The first kappa shape index (κ1) is 23.2. The van der Waals surface area contributed by atoms with E-state index in [-0.39, 0.29) is 24.0 Å². The van der Waals surface area contributed by atoms with E-state index in [1.807, 2.05) is 38.0 Å². The van der Waals surface area contributed by atoms with Gasteiger partial charge in [-0.3, -0.25) is 9.89 Å². The van der Waals surface area contributed by atoms with Crippen LogP contribution in [0.5, 0.6) is 0 Å². The largest absolute Gasteiger partial charge is 0.378 e. The second-order valence-electron chi connectivity index (χ2n) is 7.16. The average Bonchev–Trinajstić information content (AvgIpc) is 2.59. The molecule has 6 heteroatoms. The molecule has 0 aromatic heterocycles. The minimum Gasteiger partial charge on any atom is -0.378 e. The van der Waals surface area contributed by atoms with Gasteiger partial charge in [0.25, 0.3) is 0 Å². The Morgan fingerprint density at radius 3 is 2.27 bits per heavy atom. The fraction of sp³-hybridized carbons (Fsp3) is 0.650. The van der Waals surface area contributed by atoms with Gasteiger partial charge in [-0.05, 0) is 24.8 Å². The molecule has 1 aromatic carbocycles. The number of nitrogens with zero attached hydrogens (tertiary/aromatic N) is 4. The van der Waals surface area contributed by atoms with Crippen LogP contribution < -0.4 is 0 Å². The summed E-state index contributed by atoms with van der Waals surface area (Å²) in [7, 11) is 8.11. The second kappa shape index (κ2) is 12.5. The van der Waals surface area contributed by atoms with Crippen LogP contribution in [0.25, 0.3) is 0 Å². The van der Waals surface area contributed by atoms with E-state index in [9.17, 15) is 0 Å². The van der Waals surface area contributed by atoms with Gasteiger partial charge < -0.3 is 14.5 Å². The second-order valence-corrected chi connectivity index (χ2v) is 7.16. The highest BCUT2D eigenvalue weighted by molar-refractivity contribution is 14.0. The SMILES string of the molecule is CN(C)C(=NCCCOC1CCN(Cc2ccccc2)CC1)N(C)C.I. The Hall–Kier alpha value is -0.860. The van der Waals surface area contributed by atoms with Crippen molar-refractivity contribution in [2.45, 2.75) is 31.9 Å². The van der Waals surface area contributed by atoms with E-state index in [0.29, 0.717) is 6.10 Å². The summed E-state index contributed by atoms with van der Waals surface area (Å²) in [5.41, 5.74) is 1.40. The fourth-order valence-corrected chi connectivity index (χ4v) is 3.25. The van der Waals surface area contributed by atoms with Crippen molar-refractivity contribution in [1.82, 2.24) is 14.7 Å². The summed E-state index contributed by atoms with van der Waals surface area (Å²) < 4.78 is 6.06. The molecule has 148 valence electrons. The Kier molecular flexibility index (Phi) is 11.2. The molecule has 0 spiro atoms. The maximum absolute atomic E-state index is 6.06. The number of halogens is 1. The standard InChI is InChI=1S/C20H34N4O.HI/c1-22(2)20(23(3)4)21-13-8-16-25-19-11-14-24(15-12-19)17-18-9-6-5-7-10-18;/h5-7,9-10,19H,8,11-17H2,1-4H3;1H. The van der Waals surface area contributed by atoms with Gasteiger partial charge in [-0.2, -0.15) is 0 Å². The first-order valence-corrected chi connectivity index (χ1v) is 9.33. The molecule has 1 fully saturated rings. The monoisotopic (exact) mass is 474 g/mol. The molecule has 1 saturated heterocycles. The molecular formula is C20H35IN4O. The Labute approximate surface area is 176 Å². The summed E-state index contributed by atoms with van der Waals surface area (Å²) in [6, 6.07) is 10.7. The lowest BCUT2D eigenvalue weighted by molar-refractivity contribution is 0.00564. The number of rotatable bonds is 7. The number of ether oxygens (including phenoxy) is 1.